The van der Waals surface area contributed by atoms with E-state index in [2.05, 4.69) is 9.73 Å². The molecule has 1 heterocycles. The first-order valence-electron chi connectivity index (χ1n) is 2.19. The van der Waals surface area contributed by atoms with Gasteiger partial charge in [0.1, 0.15) is 6.26 Å². The lowest BCUT2D eigenvalue weighted by Gasteiger charge is -2.09. The molecule has 0 aromatic rings. The molecule has 0 aromatic heterocycles. The predicted molar refractivity (Wildman–Crippen MR) is 29.8 cm³/mol. The number of hydrogen-bond acceptors (Lipinski definition) is 4. The third-order valence-corrected chi connectivity index (χ3v) is 0.714. The number of ether oxygens (including phenoxy) is 1. The molecule has 0 saturated heterocycles. The summed E-state index contributed by atoms with van der Waals surface area (Å²) in [5, 5.41) is 0. The Balaban J connectivity index is 2.58. The van der Waals surface area contributed by atoms with Crippen LogP contribution in [0.1, 0.15) is 0 Å². The molecule has 0 spiro atoms. The smallest absolute Gasteiger partial charge is 0.243 e. The van der Waals surface area contributed by atoms with Crippen molar-refractivity contribution < 1.29 is 4.74 Å². The molecule has 0 bridgehead atoms. The van der Waals surface area contributed by atoms with E-state index in [0.29, 0.717) is 5.70 Å². The van der Waals surface area contributed by atoms with E-state index in [4.69, 9.17) is 11.5 Å². The van der Waals surface area contributed by atoms with Crippen LogP contribution in [0.2, 0.25) is 0 Å². The molecule has 8 heavy (non-hydrogen) atoms. The highest BCUT2D eigenvalue weighted by Gasteiger charge is 1.99. The molecule has 0 fully saturated rings. The number of nitrogens with zero attached hydrogens (tertiary/aromatic N) is 1. The lowest BCUT2D eigenvalue weighted by Crippen LogP contribution is -2.23. The Kier molecular flexibility index (Phi) is 1.17. The fourth-order valence-corrected chi connectivity index (χ4v) is 0.373. The largest absolute Gasteiger partial charge is 0.461 e. The molecule has 1 aliphatic rings. The average molecular weight is 113 g/mol. The van der Waals surface area contributed by atoms with Gasteiger partial charge < -0.3 is 10.5 Å². The highest BCUT2D eigenvalue weighted by molar-refractivity contribution is 5.77. The third-order valence-electron chi connectivity index (χ3n) is 0.714. The number of hydrogen-bond donors (Lipinski definition) is 2. The predicted octanol–water partition coefficient (Wildman–Crippen LogP) is -0.870. The molecule has 1 atom stereocenters. The zero-order valence-electron chi connectivity index (χ0n) is 4.24. The van der Waals surface area contributed by atoms with Gasteiger partial charge >= 0.3 is 0 Å². The van der Waals surface area contributed by atoms with E-state index in [-0.39, 0.29) is 0 Å². The van der Waals surface area contributed by atoms with Crippen LogP contribution in [0.5, 0.6) is 0 Å². The molecule has 0 amide bonds. The minimum Gasteiger partial charge on any atom is -0.461 e. The van der Waals surface area contributed by atoms with Gasteiger partial charge in [0.05, 0.1) is 11.9 Å². The first-order valence-corrected chi connectivity index (χ1v) is 2.19. The quantitative estimate of drug-likeness (QED) is 0.429. The van der Waals surface area contributed by atoms with E-state index >= 15 is 0 Å². The zero-order chi connectivity index (χ0) is 5.98. The van der Waals surface area contributed by atoms with Gasteiger partial charge in [-0.3, -0.25) is 5.73 Å². The normalized spacial score (nSPS) is 26.6. The SMILES string of the molecule is NC1=COC(N)N=C1. The van der Waals surface area contributed by atoms with Crippen molar-refractivity contribution in [2.24, 2.45) is 16.5 Å². The Morgan fingerprint density at radius 1 is 1.75 bits per heavy atom. The van der Waals surface area contributed by atoms with Gasteiger partial charge in [0.25, 0.3) is 0 Å². The van der Waals surface area contributed by atoms with Crippen molar-refractivity contribution in [2.75, 3.05) is 0 Å². The second kappa shape index (κ2) is 1.83. The van der Waals surface area contributed by atoms with Gasteiger partial charge in [-0.05, 0) is 0 Å². The average Bonchev–Trinajstić information content (AvgIpc) is 1.77. The summed E-state index contributed by atoms with van der Waals surface area (Å²) in [4.78, 5) is 3.65. The summed E-state index contributed by atoms with van der Waals surface area (Å²) < 4.78 is 4.68. The molecule has 44 valence electrons. The Bertz CT molecular complexity index is 140. The van der Waals surface area contributed by atoms with Crippen LogP contribution in [0.25, 0.3) is 0 Å². The van der Waals surface area contributed by atoms with Crippen molar-refractivity contribution in [1.29, 1.82) is 0 Å². The van der Waals surface area contributed by atoms with Crippen molar-refractivity contribution >= 4 is 6.21 Å². The summed E-state index contributed by atoms with van der Waals surface area (Å²) >= 11 is 0. The Morgan fingerprint density at radius 3 is 2.88 bits per heavy atom. The molecule has 1 rings (SSSR count). The minimum absolute atomic E-state index is 0.492. The first-order chi connectivity index (χ1) is 3.79. The topological polar surface area (TPSA) is 73.6 Å². The van der Waals surface area contributed by atoms with Crippen molar-refractivity contribution in [3.63, 3.8) is 0 Å². The maximum atomic E-state index is 5.23. The maximum Gasteiger partial charge on any atom is 0.243 e. The van der Waals surface area contributed by atoms with E-state index in [1.807, 2.05) is 0 Å². The molecule has 1 aliphatic heterocycles. The molecule has 0 aromatic carbocycles. The Labute approximate surface area is 46.8 Å². The standard InChI is InChI=1S/C4H7N3O/c5-3-1-7-4(6)8-2-3/h1-2,4H,5-6H2. The van der Waals surface area contributed by atoms with Gasteiger partial charge in [0, 0.05) is 0 Å². The molecule has 4 N–H and O–H groups in total. The molecule has 0 saturated carbocycles. The van der Waals surface area contributed by atoms with Crippen molar-refractivity contribution in [3.8, 4) is 0 Å². The highest BCUT2D eigenvalue weighted by atomic mass is 16.5. The number of allylic oxidation sites excluding steroid dienone is 1. The van der Waals surface area contributed by atoms with E-state index < -0.39 is 6.35 Å². The summed E-state index contributed by atoms with van der Waals surface area (Å²) in [6.45, 7) is 0. The molecular weight excluding hydrogens is 106 g/mol. The molecule has 1 unspecified atom stereocenters. The molecule has 4 nitrogen and oxygen atoms in total. The molecular formula is C4H7N3O. The number of nitrogens with two attached hydrogens (primary N) is 2. The van der Waals surface area contributed by atoms with Gasteiger partial charge in [-0.25, -0.2) is 4.99 Å². The van der Waals surface area contributed by atoms with Crippen LogP contribution in [0.4, 0.5) is 0 Å². The third kappa shape index (κ3) is 0.974. The fourth-order valence-electron chi connectivity index (χ4n) is 0.373. The van der Waals surface area contributed by atoms with Crippen molar-refractivity contribution in [1.82, 2.24) is 0 Å². The fraction of sp³-hybridized carbons (Fsp3) is 0.250. The van der Waals surface area contributed by atoms with Crippen LogP contribution < -0.4 is 11.5 Å². The van der Waals surface area contributed by atoms with Crippen LogP contribution in [0.3, 0.4) is 0 Å². The lowest BCUT2D eigenvalue weighted by atomic mass is 10.5. The van der Waals surface area contributed by atoms with Crippen molar-refractivity contribution in [3.05, 3.63) is 12.0 Å². The second-order valence-corrected chi connectivity index (χ2v) is 1.42. The summed E-state index contributed by atoms with van der Waals surface area (Å²) in [5.41, 5.74) is 10.9. The van der Waals surface area contributed by atoms with Gasteiger partial charge in [0.15, 0.2) is 0 Å². The van der Waals surface area contributed by atoms with Gasteiger partial charge in [-0.2, -0.15) is 0 Å². The maximum absolute atomic E-state index is 5.23. The Morgan fingerprint density at radius 2 is 2.50 bits per heavy atom. The summed E-state index contributed by atoms with van der Waals surface area (Å²) in [6.07, 6.45) is 2.27. The summed E-state index contributed by atoms with van der Waals surface area (Å²) in [5.74, 6) is 0. The van der Waals surface area contributed by atoms with E-state index in [1.54, 1.807) is 0 Å². The van der Waals surface area contributed by atoms with Gasteiger partial charge in [-0.1, -0.05) is 0 Å². The summed E-state index contributed by atoms with van der Waals surface area (Å²) in [7, 11) is 0. The van der Waals surface area contributed by atoms with E-state index in [0.717, 1.165) is 0 Å². The van der Waals surface area contributed by atoms with Crippen LogP contribution in [-0.2, 0) is 4.74 Å². The van der Waals surface area contributed by atoms with Gasteiger partial charge in [0.2, 0.25) is 6.35 Å². The van der Waals surface area contributed by atoms with Crippen LogP contribution in [0.15, 0.2) is 17.0 Å². The summed E-state index contributed by atoms with van der Waals surface area (Å²) in [6, 6.07) is 0. The van der Waals surface area contributed by atoms with Crippen LogP contribution >= 0.6 is 0 Å². The first kappa shape index (κ1) is 5.11. The molecule has 0 radical (unpaired) electrons. The second-order valence-electron chi connectivity index (χ2n) is 1.42. The van der Waals surface area contributed by atoms with Crippen LogP contribution in [-0.4, -0.2) is 12.6 Å². The highest BCUT2D eigenvalue weighted by Crippen LogP contribution is 1.94. The molecule has 0 aliphatic carbocycles. The monoisotopic (exact) mass is 113 g/mol. The zero-order valence-corrected chi connectivity index (χ0v) is 4.24. The lowest BCUT2D eigenvalue weighted by molar-refractivity contribution is 0.154. The van der Waals surface area contributed by atoms with E-state index in [1.165, 1.54) is 12.5 Å². The van der Waals surface area contributed by atoms with Crippen molar-refractivity contribution in [2.45, 2.75) is 6.35 Å². The number of aliphatic imine (C=N–C) groups is 1. The molecule has 4 heteroatoms. The number of rotatable bonds is 0. The van der Waals surface area contributed by atoms with E-state index in [9.17, 15) is 0 Å². The Hall–Kier alpha value is -1.03. The minimum atomic E-state index is -0.567. The van der Waals surface area contributed by atoms with Gasteiger partial charge in [-0.15, -0.1) is 0 Å². The van der Waals surface area contributed by atoms with Crippen LogP contribution in [0, 0.1) is 0 Å².